The van der Waals surface area contributed by atoms with Crippen molar-refractivity contribution in [1.29, 1.82) is 0 Å². The summed E-state index contributed by atoms with van der Waals surface area (Å²) in [4.78, 5) is 4.02. The van der Waals surface area contributed by atoms with Gasteiger partial charge in [0.25, 0.3) is 0 Å². The molecule has 0 bridgehead atoms. The Labute approximate surface area is 101 Å². The van der Waals surface area contributed by atoms with Crippen LogP contribution in [0.15, 0.2) is 42.9 Å². The zero-order chi connectivity index (χ0) is 11.8. The zero-order valence-electron chi connectivity index (χ0n) is 8.64. The third-order valence-electron chi connectivity index (χ3n) is 2.53. The Hall–Kier alpha value is -1.94. The van der Waals surface area contributed by atoms with E-state index in [2.05, 4.69) is 10.1 Å². The van der Waals surface area contributed by atoms with E-state index in [9.17, 15) is 4.39 Å². The Bertz CT molecular complexity index is 679. The highest BCUT2D eigenvalue weighted by atomic mass is 35.5. The summed E-state index contributed by atoms with van der Waals surface area (Å²) in [6, 6.07) is 6.67. The van der Waals surface area contributed by atoms with E-state index in [-0.39, 0.29) is 5.02 Å². The molecule has 0 aliphatic heterocycles. The second-order valence-electron chi connectivity index (χ2n) is 3.56. The van der Waals surface area contributed by atoms with Crippen molar-refractivity contribution in [2.24, 2.45) is 0 Å². The minimum absolute atomic E-state index is 0.0950. The number of pyridine rings is 1. The second kappa shape index (κ2) is 3.82. The van der Waals surface area contributed by atoms with E-state index >= 15 is 0 Å². The topological polar surface area (TPSA) is 30.7 Å². The molecular formula is C12H7ClFN3. The van der Waals surface area contributed by atoms with Crippen molar-refractivity contribution in [2.45, 2.75) is 0 Å². The number of hydrogen-bond acceptors (Lipinski definition) is 2. The smallest absolute Gasteiger partial charge is 0.142 e. The molecule has 0 radical (unpaired) electrons. The highest BCUT2D eigenvalue weighted by Crippen LogP contribution is 2.27. The highest BCUT2D eigenvalue weighted by Gasteiger charge is 2.10. The van der Waals surface area contributed by atoms with E-state index in [1.807, 2.05) is 12.1 Å². The molecule has 2 aromatic heterocycles. The maximum absolute atomic E-state index is 13.3. The molecule has 0 saturated carbocycles. The molecular weight excluding hydrogens is 241 g/mol. The van der Waals surface area contributed by atoms with E-state index in [0.29, 0.717) is 5.39 Å². The number of aromatic nitrogens is 3. The van der Waals surface area contributed by atoms with Crippen LogP contribution in [0.3, 0.4) is 0 Å². The predicted octanol–water partition coefficient (Wildman–Crippen LogP) is 3.21. The third-order valence-corrected chi connectivity index (χ3v) is 2.91. The molecule has 1 aromatic carbocycles. The summed E-state index contributed by atoms with van der Waals surface area (Å²) >= 11 is 5.88. The summed E-state index contributed by atoms with van der Waals surface area (Å²) in [6.07, 6.45) is 4.92. The third kappa shape index (κ3) is 1.57. The van der Waals surface area contributed by atoms with Gasteiger partial charge in [-0.05, 0) is 24.3 Å². The lowest BCUT2D eigenvalue weighted by atomic mass is 10.2. The molecule has 5 heteroatoms. The van der Waals surface area contributed by atoms with Crippen molar-refractivity contribution in [3.8, 4) is 5.69 Å². The van der Waals surface area contributed by atoms with Gasteiger partial charge in [-0.3, -0.25) is 4.98 Å². The molecule has 84 valence electrons. The molecule has 3 rings (SSSR count). The minimum atomic E-state index is -0.440. The fraction of sp³-hybridized carbons (Fsp3) is 0. The summed E-state index contributed by atoms with van der Waals surface area (Å²) in [5, 5.41) is 4.88. The minimum Gasteiger partial charge on any atom is -0.262 e. The first kappa shape index (κ1) is 10.2. The van der Waals surface area contributed by atoms with Gasteiger partial charge < -0.3 is 0 Å². The van der Waals surface area contributed by atoms with Gasteiger partial charge in [-0.15, -0.1) is 0 Å². The van der Waals surface area contributed by atoms with Gasteiger partial charge in [0.05, 0.1) is 28.6 Å². The van der Waals surface area contributed by atoms with E-state index < -0.39 is 5.82 Å². The van der Waals surface area contributed by atoms with Crippen LogP contribution in [0.5, 0.6) is 0 Å². The summed E-state index contributed by atoms with van der Waals surface area (Å²) in [5.41, 5.74) is 1.56. The molecule has 0 aliphatic rings. The first-order valence-corrected chi connectivity index (χ1v) is 5.37. The molecule has 0 saturated heterocycles. The average Bonchev–Trinajstić information content (AvgIpc) is 2.79. The van der Waals surface area contributed by atoms with Gasteiger partial charge in [0.1, 0.15) is 5.82 Å². The highest BCUT2D eigenvalue weighted by molar-refractivity contribution is 6.35. The summed E-state index contributed by atoms with van der Waals surface area (Å²) < 4.78 is 15.0. The molecule has 0 spiro atoms. The quantitative estimate of drug-likeness (QED) is 0.661. The summed E-state index contributed by atoms with van der Waals surface area (Å²) in [5.74, 6) is -0.440. The van der Waals surface area contributed by atoms with Crippen molar-refractivity contribution in [1.82, 2.24) is 14.8 Å². The van der Waals surface area contributed by atoms with Gasteiger partial charge in [0.15, 0.2) is 0 Å². The molecule has 0 atom stereocenters. The van der Waals surface area contributed by atoms with Crippen molar-refractivity contribution in [2.75, 3.05) is 0 Å². The van der Waals surface area contributed by atoms with Crippen LogP contribution in [-0.4, -0.2) is 14.8 Å². The standard InChI is InChI=1S/C12H7ClFN3/c13-12-9-7-16-17(8-2-1-5-15-6-8)11(9)4-3-10(12)14/h1-7H. The largest absolute Gasteiger partial charge is 0.262 e. The summed E-state index contributed by atoms with van der Waals surface area (Å²) in [7, 11) is 0. The molecule has 2 heterocycles. The predicted molar refractivity (Wildman–Crippen MR) is 63.8 cm³/mol. The van der Waals surface area contributed by atoms with Gasteiger partial charge in [0, 0.05) is 11.6 Å². The van der Waals surface area contributed by atoms with Gasteiger partial charge in [-0.2, -0.15) is 5.10 Å². The maximum Gasteiger partial charge on any atom is 0.142 e. The molecule has 0 aliphatic carbocycles. The maximum atomic E-state index is 13.3. The number of fused-ring (bicyclic) bond motifs is 1. The van der Waals surface area contributed by atoms with E-state index in [1.165, 1.54) is 6.07 Å². The van der Waals surface area contributed by atoms with Crippen LogP contribution in [0.2, 0.25) is 5.02 Å². The lowest BCUT2D eigenvalue weighted by Crippen LogP contribution is -1.96. The number of rotatable bonds is 1. The van der Waals surface area contributed by atoms with Crippen LogP contribution in [0.25, 0.3) is 16.6 Å². The number of hydrogen-bond donors (Lipinski definition) is 0. The SMILES string of the molecule is Fc1ccc2c(cnn2-c2cccnc2)c1Cl. The Balaban J connectivity index is 2.30. The van der Waals surface area contributed by atoms with Crippen molar-refractivity contribution >= 4 is 22.5 Å². The normalized spacial score (nSPS) is 10.9. The monoisotopic (exact) mass is 247 g/mol. The second-order valence-corrected chi connectivity index (χ2v) is 3.94. The van der Waals surface area contributed by atoms with Gasteiger partial charge in [-0.25, -0.2) is 9.07 Å². The van der Waals surface area contributed by atoms with Crippen molar-refractivity contribution < 1.29 is 4.39 Å². The molecule has 17 heavy (non-hydrogen) atoms. The van der Waals surface area contributed by atoms with Crippen molar-refractivity contribution in [3.63, 3.8) is 0 Å². The number of nitrogens with zero attached hydrogens (tertiary/aromatic N) is 3. The van der Waals surface area contributed by atoms with Crippen molar-refractivity contribution in [3.05, 3.63) is 53.7 Å². The van der Waals surface area contributed by atoms with E-state index in [4.69, 9.17) is 11.6 Å². The molecule has 0 amide bonds. The Kier molecular flexibility index (Phi) is 2.30. The van der Waals surface area contributed by atoms with Gasteiger partial charge in [0.2, 0.25) is 0 Å². The molecule has 0 unspecified atom stereocenters. The van der Waals surface area contributed by atoms with E-state index in [1.54, 1.807) is 29.3 Å². The Morgan fingerprint density at radius 2 is 2.06 bits per heavy atom. The molecule has 0 fully saturated rings. The molecule has 0 N–H and O–H groups in total. The Morgan fingerprint density at radius 3 is 2.82 bits per heavy atom. The average molecular weight is 248 g/mol. The van der Waals surface area contributed by atoms with Crippen LogP contribution in [0, 0.1) is 5.82 Å². The Morgan fingerprint density at radius 1 is 1.18 bits per heavy atom. The summed E-state index contributed by atoms with van der Waals surface area (Å²) in [6.45, 7) is 0. The van der Waals surface area contributed by atoms with Crippen LogP contribution < -0.4 is 0 Å². The molecule has 3 aromatic rings. The fourth-order valence-corrected chi connectivity index (χ4v) is 1.93. The van der Waals surface area contributed by atoms with Crippen LogP contribution in [0.4, 0.5) is 4.39 Å². The van der Waals surface area contributed by atoms with Crippen LogP contribution in [0.1, 0.15) is 0 Å². The number of benzene rings is 1. The van der Waals surface area contributed by atoms with Crippen LogP contribution in [-0.2, 0) is 0 Å². The first-order chi connectivity index (χ1) is 8.27. The van der Waals surface area contributed by atoms with E-state index in [0.717, 1.165) is 11.2 Å². The van der Waals surface area contributed by atoms with Crippen LogP contribution >= 0.6 is 11.6 Å². The lowest BCUT2D eigenvalue weighted by Gasteiger charge is -2.02. The number of halogens is 2. The fourth-order valence-electron chi connectivity index (χ4n) is 1.73. The lowest BCUT2D eigenvalue weighted by molar-refractivity contribution is 0.630. The van der Waals surface area contributed by atoms with Gasteiger partial charge in [-0.1, -0.05) is 11.6 Å². The zero-order valence-corrected chi connectivity index (χ0v) is 9.39. The molecule has 3 nitrogen and oxygen atoms in total. The first-order valence-electron chi connectivity index (χ1n) is 4.99. The van der Waals surface area contributed by atoms with Gasteiger partial charge >= 0.3 is 0 Å².